The number of hydrogen-bond acceptors (Lipinski definition) is 5. The van der Waals surface area contributed by atoms with E-state index in [2.05, 4.69) is 27.4 Å². The van der Waals surface area contributed by atoms with Crippen LogP contribution < -0.4 is 5.32 Å². The molecule has 8 nitrogen and oxygen atoms in total. The van der Waals surface area contributed by atoms with Crippen molar-refractivity contribution >= 4 is 21.7 Å². The van der Waals surface area contributed by atoms with E-state index in [-0.39, 0.29) is 27.5 Å². The lowest BCUT2D eigenvalue weighted by Gasteiger charge is -2.10. The predicted octanol–water partition coefficient (Wildman–Crippen LogP) is 3.98. The van der Waals surface area contributed by atoms with Gasteiger partial charge in [-0.15, -0.1) is 0 Å². The zero-order valence-corrected chi connectivity index (χ0v) is 21.5. The van der Waals surface area contributed by atoms with Crippen molar-refractivity contribution in [3.05, 3.63) is 118 Å². The molecule has 1 aromatic heterocycles. The zero-order valence-electron chi connectivity index (χ0n) is 20.6. The van der Waals surface area contributed by atoms with Gasteiger partial charge >= 0.3 is 5.97 Å². The first-order chi connectivity index (χ1) is 18.7. The third-order valence-corrected chi connectivity index (χ3v) is 7.54. The second-order valence-corrected chi connectivity index (χ2v) is 10.7. The molecule has 0 spiro atoms. The van der Waals surface area contributed by atoms with E-state index in [1.54, 1.807) is 12.4 Å². The smallest absolute Gasteiger partial charge is 0.335 e. The molecule has 3 aromatic carbocycles. The molecule has 0 aliphatic heterocycles. The Labute approximate surface area is 224 Å². The van der Waals surface area contributed by atoms with E-state index in [0.717, 1.165) is 12.0 Å². The van der Waals surface area contributed by atoms with Crippen molar-refractivity contribution in [2.75, 3.05) is 6.54 Å². The van der Waals surface area contributed by atoms with Crippen LogP contribution >= 0.6 is 0 Å². The van der Waals surface area contributed by atoms with Gasteiger partial charge in [0.2, 0.25) is 0 Å². The Kier molecular flexibility index (Phi) is 8.53. The number of benzene rings is 3. The molecule has 0 atom stereocenters. The molecule has 0 aliphatic carbocycles. The van der Waals surface area contributed by atoms with Gasteiger partial charge in [-0.25, -0.2) is 17.6 Å². The molecular formula is C29H24FN3O5S. The maximum atomic E-state index is 13.4. The average Bonchev–Trinajstić information content (AvgIpc) is 3.44. The number of sulfone groups is 1. The van der Waals surface area contributed by atoms with Crippen LogP contribution in [-0.2, 0) is 22.0 Å². The number of amides is 1. The number of aromatic amines is 1. The number of H-pyrrole nitrogens is 1. The van der Waals surface area contributed by atoms with E-state index in [1.807, 2.05) is 0 Å². The normalized spacial score (nSPS) is 10.9. The summed E-state index contributed by atoms with van der Waals surface area (Å²) in [7, 11) is -3.93. The molecule has 1 amide bonds. The number of halogens is 1. The van der Waals surface area contributed by atoms with Crippen molar-refractivity contribution < 1.29 is 27.5 Å². The quantitative estimate of drug-likeness (QED) is 0.216. The summed E-state index contributed by atoms with van der Waals surface area (Å²) in [6.45, 7) is 0.410. The highest BCUT2D eigenvalue weighted by Gasteiger charge is 2.21. The fourth-order valence-electron chi connectivity index (χ4n) is 3.76. The van der Waals surface area contributed by atoms with E-state index < -0.39 is 27.4 Å². The fourth-order valence-corrected chi connectivity index (χ4v) is 5.27. The van der Waals surface area contributed by atoms with E-state index >= 15 is 0 Å². The number of carboxylic acid groups (broad SMARTS) is 1. The Morgan fingerprint density at radius 2 is 1.67 bits per heavy atom. The highest BCUT2D eigenvalue weighted by Crippen LogP contribution is 2.22. The lowest BCUT2D eigenvalue weighted by atomic mass is 10.1. The molecule has 0 unspecified atom stereocenters. The number of nitrogens with zero attached hydrogens (tertiary/aromatic N) is 1. The number of aryl methyl sites for hydroxylation is 1. The largest absolute Gasteiger partial charge is 0.478 e. The van der Waals surface area contributed by atoms with E-state index in [9.17, 15) is 22.4 Å². The monoisotopic (exact) mass is 545 g/mol. The number of aromatic nitrogens is 2. The average molecular weight is 546 g/mol. The number of hydrogen-bond donors (Lipinski definition) is 3. The summed E-state index contributed by atoms with van der Waals surface area (Å²) in [4.78, 5) is 23.8. The Bertz CT molecular complexity index is 1640. The summed E-state index contributed by atoms with van der Waals surface area (Å²) in [6.07, 6.45) is 4.92. The molecule has 4 rings (SSSR count). The van der Waals surface area contributed by atoms with Gasteiger partial charge < -0.3 is 10.4 Å². The highest BCUT2D eigenvalue weighted by molar-refractivity contribution is 7.90. The molecular weight excluding hydrogens is 521 g/mol. The molecule has 0 bridgehead atoms. The van der Waals surface area contributed by atoms with Gasteiger partial charge in [0.25, 0.3) is 5.91 Å². The predicted molar refractivity (Wildman–Crippen MR) is 142 cm³/mol. The van der Waals surface area contributed by atoms with Gasteiger partial charge in [-0.2, -0.15) is 5.10 Å². The highest BCUT2D eigenvalue weighted by atomic mass is 32.2. The fraction of sp³-hybridized carbons (Fsp3) is 0.138. The van der Waals surface area contributed by atoms with Crippen LogP contribution in [0.5, 0.6) is 0 Å². The molecule has 0 saturated carbocycles. The summed E-state index contributed by atoms with van der Waals surface area (Å²) in [5.74, 6) is 3.35. The second-order valence-electron chi connectivity index (χ2n) is 8.69. The third kappa shape index (κ3) is 7.40. The van der Waals surface area contributed by atoms with Gasteiger partial charge in [0.1, 0.15) is 5.82 Å². The van der Waals surface area contributed by atoms with Crippen LogP contribution in [0.15, 0.2) is 84.0 Å². The van der Waals surface area contributed by atoms with Crippen LogP contribution in [0.2, 0.25) is 0 Å². The molecule has 0 fully saturated rings. The second kappa shape index (κ2) is 12.2. The topological polar surface area (TPSA) is 129 Å². The summed E-state index contributed by atoms with van der Waals surface area (Å²) in [5.41, 5.74) is 2.30. The van der Waals surface area contributed by atoms with Crippen LogP contribution in [0.3, 0.4) is 0 Å². The van der Waals surface area contributed by atoms with Gasteiger partial charge in [-0.1, -0.05) is 24.0 Å². The minimum atomic E-state index is -3.93. The molecule has 198 valence electrons. The summed E-state index contributed by atoms with van der Waals surface area (Å²) >= 11 is 0. The van der Waals surface area contributed by atoms with Gasteiger partial charge in [0.15, 0.2) is 9.84 Å². The molecule has 0 radical (unpaired) electrons. The van der Waals surface area contributed by atoms with Crippen molar-refractivity contribution in [2.24, 2.45) is 0 Å². The van der Waals surface area contributed by atoms with Crippen LogP contribution in [0.1, 0.15) is 49.4 Å². The Morgan fingerprint density at radius 1 is 0.949 bits per heavy atom. The van der Waals surface area contributed by atoms with Crippen molar-refractivity contribution in [2.45, 2.75) is 23.5 Å². The first kappa shape index (κ1) is 27.3. The lowest BCUT2D eigenvalue weighted by molar-refractivity contribution is 0.0696. The van der Waals surface area contributed by atoms with E-state index in [1.165, 1.54) is 66.7 Å². The first-order valence-corrected chi connectivity index (χ1v) is 13.6. The molecule has 0 saturated heterocycles. The maximum Gasteiger partial charge on any atom is 0.335 e. The minimum Gasteiger partial charge on any atom is -0.478 e. The van der Waals surface area contributed by atoms with Crippen molar-refractivity contribution in [1.29, 1.82) is 0 Å². The molecule has 0 aliphatic rings. The van der Waals surface area contributed by atoms with Gasteiger partial charge in [0, 0.05) is 29.4 Å². The van der Waals surface area contributed by atoms with Crippen molar-refractivity contribution in [3.63, 3.8) is 0 Å². The van der Waals surface area contributed by atoms with Gasteiger partial charge in [0.05, 0.1) is 22.4 Å². The number of carbonyl (C=O) groups is 2. The number of aromatic carboxylic acids is 1. The molecule has 10 heteroatoms. The Balaban J connectivity index is 1.59. The lowest BCUT2D eigenvalue weighted by Crippen LogP contribution is -2.25. The van der Waals surface area contributed by atoms with Crippen molar-refractivity contribution in [3.8, 4) is 11.8 Å². The molecule has 1 heterocycles. The third-order valence-electron chi connectivity index (χ3n) is 5.80. The maximum absolute atomic E-state index is 13.4. The van der Waals surface area contributed by atoms with Crippen molar-refractivity contribution in [1.82, 2.24) is 15.5 Å². The summed E-state index contributed by atoms with van der Waals surface area (Å²) in [6, 6.07) is 15.2. The number of carboxylic acids is 1. The Morgan fingerprint density at radius 3 is 2.33 bits per heavy atom. The standard InChI is InChI=1S/C29H24FN3O5S/c30-26-12-6-20(7-13-26)3-10-24-16-25(28(34)31-15-1-2-22-17-32-33-18-22)11-14-27(24)39(37,38)19-21-4-8-23(9-5-21)29(35)36/h4-9,11-14,16-18H,1-2,15,19H2,(H,31,34)(H,32,33)(H,35,36). The van der Waals surface area contributed by atoms with E-state index in [0.29, 0.717) is 24.1 Å². The first-order valence-electron chi connectivity index (χ1n) is 11.9. The van der Waals surface area contributed by atoms with Gasteiger partial charge in [-0.05, 0) is 78.6 Å². The number of carbonyl (C=O) groups excluding carboxylic acids is 1. The van der Waals surface area contributed by atoms with Crippen LogP contribution in [0.4, 0.5) is 4.39 Å². The summed E-state index contributed by atoms with van der Waals surface area (Å²) in [5, 5.41) is 18.5. The van der Waals surface area contributed by atoms with Gasteiger partial charge in [-0.3, -0.25) is 9.89 Å². The SMILES string of the molecule is O=C(O)c1ccc(CS(=O)(=O)c2ccc(C(=O)NCCCc3cn[nH]c3)cc2C#Cc2ccc(F)cc2)cc1. The molecule has 3 N–H and O–H groups in total. The van der Waals surface area contributed by atoms with Crippen LogP contribution in [-0.4, -0.2) is 42.1 Å². The van der Waals surface area contributed by atoms with Crippen LogP contribution in [0, 0.1) is 17.7 Å². The number of nitrogens with one attached hydrogen (secondary N) is 2. The van der Waals surface area contributed by atoms with E-state index in [4.69, 9.17) is 5.11 Å². The molecule has 39 heavy (non-hydrogen) atoms. The minimum absolute atomic E-state index is 0.0436. The van der Waals surface area contributed by atoms with Crippen LogP contribution in [0.25, 0.3) is 0 Å². The summed E-state index contributed by atoms with van der Waals surface area (Å²) < 4.78 is 40.0. The Hall–Kier alpha value is -4.75. The molecule has 4 aromatic rings. The number of rotatable bonds is 9. The zero-order chi connectivity index (χ0) is 27.8.